The predicted molar refractivity (Wildman–Crippen MR) is 107 cm³/mol. The van der Waals surface area contributed by atoms with Crippen LogP contribution < -0.4 is 10.6 Å². The van der Waals surface area contributed by atoms with Gasteiger partial charge < -0.3 is 15.4 Å². The molecule has 2 rings (SSSR count). The van der Waals surface area contributed by atoms with Crippen molar-refractivity contribution in [1.82, 2.24) is 5.32 Å². The van der Waals surface area contributed by atoms with Crippen LogP contribution in [0.5, 0.6) is 0 Å². The van der Waals surface area contributed by atoms with Gasteiger partial charge in [-0.3, -0.25) is 9.59 Å². The summed E-state index contributed by atoms with van der Waals surface area (Å²) in [5.74, 6) is -2.09. The molecule has 8 heteroatoms. The van der Waals surface area contributed by atoms with E-state index in [4.69, 9.17) is 4.74 Å². The highest BCUT2D eigenvalue weighted by atomic mass is 79.9. The molecule has 0 atom stereocenters. The topological polar surface area (TPSA) is 84.5 Å². The molecule has 0 unspecified atom stereocenters. The number of hydrogen-bond donors (Lipinski definition) is 2. The van der Waals surface area contributed by atoms with Gasteiger partial charge in [0, 0.05) is 11.0 Å². The van der Waals surface area contributed by atoms with E-state index in [0.29, 0.717) is 22.3 Å². The number of carbonyl (C=O) groups excluding carboxylic acids is 3. The maximum atomic E-state index is 13.3. The van der Waals surface area contributed by atoms with Crippen LogP contribution in [0.1, 0.15) is 34.6 Å². The van der Waals surface area contributed by atoms with Gasteiger partial charge in [-0.15, -0.1) is 0 Å². The summed E-state index contributed by atoms with van der Waals surface area (Å²) < 4.78 is 18.6. The van der Waals surface area contributed by atoms with Crippen LogP contribution >= 0.6 is 15.9 Å². The van der Waals surface area contributed by atoms with Crippen molar-refractivity contribution >= 4 is 39.4 Å². The van der Waals surface area contributed by atoms with E-state index in [-0.39, 0.29) is 17.4 Å². The zero-order valence-corrected chi connectivity index (χ0v) is 17.0. The van der Waals surface area contributed by atoms with Gasteiger partial charge in [0.1, 0.15) is 5.82 Å². The summed E-state index contributed by atoms with van der Waals surface area (Å²) in [6.07, 6.45) is 0. The molecule has 0 saturated heterocycles. The lowest BCUT2D eigenvalue weighted by molar-refractivity contribution is -0.119. The summed E-state index contributed by atoms with van der Waals surface area (Å²) in [6.45, 7) is 3.86. The lowest BCUT2D eigenvalue weighted by Crippen LogP contribution is -2.29. The van der Waals surface area contributed by atoms with E-state index in [1.807, 2.05) is 13.8 Å². The Labute approximate surface area is 170 Å². The van der Waals surface area contributed by atoms with Gasteiger partial charge in [0.05, 0.1) is 16.8 Å². The Morgan fingerprint density at radius 1 is 1.11 bits per heavy atom. The number of amides is 2. The highest BCUT2D eigenvalue weighted by molar-refractivity contribution is 9.10. The van der Waals surface area contributed by atoms with Crippen LogP contribution in [0.3, 0.4) is 0 Å². The normalized spacial score (nSPS) is 10.5. The number of benzene rings is 2. The Morgan fingerprint density at radius 2 is 1.82 bits per heavy atom. The third-order valence-electron chi connectivity index (χ3n) is 3.60. The molecule has 2 aromatic carbocycles. The quantitative estimate of drug-likeness (QED) is 0.628. The minimum atomic E-state index is -0.843. The van der Waals surface area contributed by atoms with Crippen LogP contribution in [-0.4, -0.2) is 30.9 Å². The molecular weight excluding hydrogens is 431 g/mol. The van der Waals surface area contributed by atoms with Gasteiger partial charge in [-0.2, -0.15) is 0 Å². The van der Waals surface area contributed by atoms with Crippen LogP contribution in [0.4, 0.5) is 10.1 Å². The first-order valence-electron chi connectivity index (χ1n) is 8.57. The second-order valence-electron chi connectivity index (χ2n) is 6.40. The molecular formula is C20H20BrFN2O4. The molecule has 148 valence electrons. The number of para-hydroxylation sites is 1. The number of nitrogens with one attached hydrogen (secondary N) is 2. The Hall–Kier alpha value is -2.74. The van der Waals surface area contributed by atoms with E-state index in [1.54, 1.807) is 24.3 Å². The van der Waals surface area contributed by atoms with E-state index < -0.39 is 24.3 Å². The van der Waals surface area contributed by atoms with Crippen LogP contribution in [-0.2, 0) is 9.53 Å². The first-order chi connectivity index (χ1) is 13.3. The number of ether oxygens (including phenoxy) is 1. The molecule has 6 nitrogen and oxygen atoms in total. The standard InChI is InChI=1S/C20H20BrFN2O4/c1-12(2)10-23-19(26)14-5-3-4-6-17(14)24-18(25)11-28-20(27)15-9-13(22)7-8-16(15)21/h3-9,12H,10-11H2,1-2H3,(H,23,26)(H,24,25). The zero-order valence-electron chi connectivity index (χ0n) is 15.4. The number of hydrogen-bond acceptors (Lipinski definition) is 4. The monoisotopic (exact) mass is 450 g/mol. The molecule has 0 saturated carbocycles. The van der Waals surface area contributed by atoms with Crippen molar-refractivity contribution in [2.45, 2.75) is 13.8 Å². The van der Waals surface area contributed by atoms with Gasteiger partial charge in [-0.1, -0.05) is 26.0 Å². The minimum Gasteiger partial charge on any atom is -0.452 e. The molecule has 0 bridgehead atoms. The van der Waals surface area contributed by atoms with Crippen molar-refractivity contribution in [2.75, 3.05) is 18.5 Å². The van der Waals surface area contributed by atoms with E-state index in [1.165, 1.54) is 12.1 Å². The van der Waals surface area contributed by atoms with Crippen molar-refractivity contribution in [2.24, 2.45) is 5.92 Å². The van der Waals surface area contributed by atoms with E-state index in [2.05, 4.69) is 26.6 Å². The largest absolute Gasteiger partial charge is 0.452 e. The lowest BCUT2D eigenvalue weighted by Gasteiger charge is -2.13. The molecule has 0 aliphatic carbocycles. The fraction of sp³-hybridized carbons (Fsp3) is 0.250. The summed E-state index contributed by atoms with van der Waals surface area (Å²) in [7, 11) is 0. The molecule has 0 aliphatic rings. The van der Waals surface area contributed by atoms with Crippen molar-refractivity contribution in [3.63, 3.8) is 0 Å². The van der Waals surface area contributed by atoms with Crippen molar-refractivity contribution in [3.8, 4) is 0 Å². The summed E-state index contributed by atoms with van der Waals surface area (Å²) >= 11 is 3.13. The summed E-state index contributed by atoms with van der Waals surface area (Å²) in [5, 5.41) is 5.33. The first kappa shape index (κ1) is 21.6. The summed E-state index contributed by atoms with van der Waals surface area (Å²) in [5.41, 5.74) is 0.578. The number of halogens is 2. The molecule has 2 amide bonds. The third-order valence-corrected chi connectivity index (χ3v) is 4.29. The van der Waals surface area contributed by atoms with E-state index in [9.17, 15) is 18.8 Å². The number of esters is 1. The molecule has 2 N–H and O–H groups in total. The van der Waals surface area contributed by atoms with Crippen molar-refractivity contribution < 1.29 is 23.5 Å². The van der Waals surface area contributed by atoms with E-state index >= 15 is 0 Å². The molecule has 0 radical (unpaired) electrons. The maximum Gasteiger partial charge on any atom is 0.339 e. The van der Waals surface area contributed by atoms with Gasteiger partial charge in [0.2, 0.25) is 0 Å². The average molecular weight is 451 g/mol. The molecule has 0 fully saturated rings. The average Bonchev–Trinajstić information content (AvgIpc) is 2.66. The predicted octanol–water partition coefficient (Wildman–Crippen LogP) is 3.77. The molecule has 0 aliphatic heterocycles. The maximum absolute atomic E-state index is 13.3. The molecule has 28 heavy (non-hydrogen) atoms. The van der Waals surface area contributed by atoms with Gasteiger partial charge in [0.15, 0.2) is 6.61 Å². The fourth-order valence-electron chi connectivity index (χ4n) is 2.23. The van der Waals surface area contributed by atoms with Crippen molar-refractivity contribution in [3.05, 3.63) is 63.9 Å². The van der Waals surface area contributed by atoms with Crippen LogP contribution in [0.25, 0.3) is 0 Å². The smallest absolute Gasteiger partial charge is 0.339 e. The number of anilines is 1. The third kappa shape index (κ3) is 6.16. The Balaban J connectivity index is 1.99. The molecule has 0 heterocycles. The fourth-order valence-corrected chi connectivity index (χ4v) is 2.64. The minimum absolute atomic E-state index is 0.0266. The van der Waals surface area contributed by atoms with Crippen LogP contribution in [0.2, 0.25) is 0 Å². The van der Waals surface area contributed by atoms with Gasteiger partial charge >= 0.3 is 5.97 Å². The van der Waals surface area contributed by atoms with Gasteiger partial charge in [-0.05, 0) is 52.2 Å². The van der Waals surface area contributed by atoms with Crippen LogP contribution in [0.15, 0.2) is 46.9 Å². The molecule has 0 aromatic heterocycles. The van der Waals surface area contributed by atoms with Gasteiger partial charge in [-0.25, -0.2) is 9.18 Å². The first-order valence-corrected chi connectivity index (χ1v) is 9.36. The van der Waals surface area contributed by atoms with Gasteiger partial charge in [0.25, 0.3) is 11.8 Å². The van der Waals surface area contributed by atoms with Crippen LogP contribution in [0, 0.1) is 11.7 Å². The lowest BCUT2D eigenvalue weighted by atomic mass is 10.1. The zero-order chi connectivity index (χ0) is 20.7. The Kier molecular flexibility index (Phi) is 7.69. The Bertz CT molecular complexity index is 886. The molecule has 0 spiro atoms. The summed E-state index contributed by atoms with van der Waals surface area (Å²) in [4.78, 5) is 36.5. The molecule has 2 aromatic rings. The number of rotatable bonds is 7. The van der Waals surface area contributed by atoms with E-state index in [0.717, 1.165) is 6.07 Å². The summed E-state index contributed by atoms with van der Waals surface area (Å²) in [6, 6.07) is 10.1. The van der Waals surface area contributed by atoms with Crippen molar-refractivity contribution in [1.29, 1.82) is 0 Å². The number of carbonyl (C=O) groups is 3. The Morgan fingerprint density at radius 3 is 2.54 bits per heavy atom. The second kappa shape index (κ2) is 9.98. The highest BCUT2D eigenvalue weighted by Crippen LogP contribution is 2.19. The SMILES string of the molecule is CC(C)CNC(=O)c1ccccc1NC(=O)COC(=O)c1cc(F)ccc1Br. The highest BCUT2D eigenvalue weighted by Gasteiger charge is 2.17. The second-order valence-corrected chi connectivity index (χ2v) is 7.25.